The summed E-state index contributed by atoms with van der Waals surface area (Å²) in [5.74, 6) is 0. The standard InChI is InChI=1S/C16H18N2.C3H8O/c1-3-7-14(8-4-1)16-13-17-11-12-18(16)15-9-5-2-6-10-15;1-2-3-4/h1-10,16-17H,11-13H2;4H,2-3H2,1H3. The number of para-hydroxylation sites is 1. The molecule has 3 nitrogen and oxygen atoms in total. The van der Waals surface area contributed by atoms with Crippen LogP contribution in [0.3, 0.4) is 0 Å². The van der Waals surface area contributed by atoms with Crippen LogP contribution in [0.15, 0.2) is 60.7 Å². The van der Waals surface area contributed by atoms with Crippen molar-refractivity contribution in [1.29, 1.82) is 0 Å². The van der Waals surface area contributed by atoms with Crippen LogP contribution in [-0.4, -0.2) is 31.3 Å². The van der Waals surface area contributed by atoms with Crippen molar-refractivity contribution < 1.29 is 5.11 Å². The summed E-state index contributed by atoms with van der Waals surface area (Å²) in [7, 11) is 0. The first kappa shape index (κ1) is 16.5. The van der Waals surface area contributed by atoms with Crippen LogP contribution in [0.25, 0.3) is 0 Å². The molecule has 1 unspecified atom stereocenters. The lowest BCUT2D eigenvalue weighted by molar-refractivity contribution is 0.295. The van der Waals surface area contributed by atoms with Gasteiger partial charge in [-0.1, -0.05) is 55.5 Å². The van der Waals surface area contributed by atoms with Crippen LogP contribution >= 0.6 is 0 Å². The number of rotatable bonds is 3. The van der Waals surface area contributed by atoms with E-state index in [9.17, 15) is 0 Å². The van der Waals surface area contributed by atoms with Gasteiger partial charge < -0.3 is 15.3 Å². The van der Waals surface area contributed by atoms with Gasteiger partial charge in [-0.3, -0.25) is 0 Å². The number of piperazine rings is 1. The van der Waals surface area contributed by atoms with E-state index in [0.29, 0.717) is 12.6 Å². The van der Waals surface area contributed by atoms with Gasteiger partial charge in [-0.25, -0.2) is 0 Å². The van der Waals surface area contributed by atoms with Gasteiger partial charge >= 0.3 is 0 Å². The molecule has 3 rings (SSSR count). The van der Waals surface area contributed by atoms with Crippen molar-refractivity contribution in [2.45, 2.75) is 19.4 Å². The predicted molar refractivity (Wildman–Crippen MR) is 93.2 cm³/mol. The molecule has 0 aliphatic carbocycles. The van der Waals surface area contributed by atoms with Crippen LogP contribution in [0.2, 0.25) is 0 Å². The summed E-state index contributed by atoms with van der Waals surface area (Å²) in [6, 6.07) is 21.9. The maximum Gasteiger partial charge on any atom is 0.0667 e. The molecule has 1 heterocycles. The molecule has 1 aliphatic rings. The van der Waals surface area contributed by atoms with E-state index in [1.54, 1.807) is 0 Å². The Morgan fingerprint density at radius 3 is 2.23 bits per heavy atom. The molecule has 2 N–H and O–H groups in total. The predicted octanol–water partition coefficient (Wildman–Crippen LogP) is 3.23. The normalized spacial score (nSPS) is 17.5. The van der Waals surface area contributed by atoms with Gasteiger partial charge in [-0.15, -0.1) is 0 Å². The highest BCUT2D eigenvalue weighted by molar-refractivity contribution is 5.49. The average molecular weight is 298 g/mol. The van der Waals surface area contributed by atoms with E-state index < -0.39 is 0 Å². The summed E-state index contributed by atoms with van der Waals surface area (Å²) in [6.45, 7) is 5.38. The third kappa shape index (κ3) is 4.58. The average Bonchev–Trinajstić information content (AvgIpc) is 2.63. The van der Waals surface area contributed by atoms with E-state index in [4.69, 9.17) is 5.11 Å². The minimum absolute atomic E-state index is 0.319. The number of anilines is 1. The number of aliphatic hydroxyl groups excluding tert-OH is 1. The maximum atomic E-state index is 7.88. The zero-order valence-corrected chi connectivity index (χ0v) is 13.3. The Labute approximate surface area is 133 Å². The number of hydrogen-bond donors (Lipinski definition) is 2. The van der Waals surface area contributed by atoms with E-state index in [1.807, 2.05) is 6.92 Å². The van der Waals surface area contributed by atoms with Gasteiger partial charge in [0.2, 0.25) is 0 Å². The van der Waals surface area contributed by atoms with Crippen LogP contribution in [0, 0.1) is 0 Å². The Balaban J connectivity index is 0.000000396. The van der Waals surface area contributed by atoms with Crippen molar-refractivity contribution in [1.82, 2.24) is 5.32 Å². The van der Waals surface area contributed by atoms with Crippen molar-refractivity contribution in [2.75, 3.05) is 31.1 Å². The maximum absolute atomic E-state index is 7.88. The number of nitrogens with one attached hydrogen (secondary N) is 1. The summed E-state index contributed by atoms with van der Waals surface area (Å²) >= 11 is 0. The fourth-order valence-corrected chi connectivity index (χ4v) is 2.61. The van der Waals surface area contributed by atoms with Crippen molar-refractivity contribution in [3.63, 3.8) is 0 Å². The molecular formula is C19H26N2O. The SMILES string of the molecule is CCCO.c1ccc(C2CNCCN2c2ccccc2)cc1. The van der Waals surface area contributed by atoms with E-state index in [0.717, 1.165) is 26.1 Å². The molecule has 22 heavy (non-hydrogen) atoms. The van der Waals surface area contributed by atoms with E-state index in [1.165, 1.54) is 11.3 Å². The summed E-state index contributed by atoms with van der Waals surface area (Å²) < 4.78 is 0. The van der Waals surface area contributed by atoms with Gasteiger partial charge in [0.05, 0.1) is 6.04 Å². The van der Waals surface area contributed by atoms with Gasteiger partial charge in [-0.2, -0.15) is 0 Å². The Morgan fingerprint density at radius 2 is 1.64 bits per heavy atom. The highest BCUT2D eigenvalue weighted by Gasteiger charge is 2.23. The summed E-state index contributed by atoms with van der Waals surface area (Å²) in [5.41, 5.74) is 2.70. The van der Waals surface area contributed by atoms with Crippen molar-refractivity contribution in [3.8, 4) is 0 Å². The van der Waals surface area contributed by atoms with Gasteiger partial charge in [0.1, 0.15) is 0 Å². The molecule has 1 atom stereocenters. The number of benzene rings is 2. The molecule has 2 aromatic rings. The third-order valence-corrected chi connectivity index (χ3v) is 3.74. The van der Waals surface area contributed by atoms with Crippen LogP contribution in [0.5, 0.6) is 0 Å². The molecule has 0 saturated carbocycles. The second-order valence-electron chi connectivity index (χ2n) is 5.38. The Hall–Kier alpha value is -1.84. The third-order valence-electron chi connectivity index (χ3n) is 3.74. The first-order chi connectivity index (χ1) is 10.9. The summed E-state index contributed by atoms with van der Waals surface area (Å²) in [4.78, 5) is 2.49. The summed E-state index contributed by atoms with van der Waals surface area (Å²) in [6.07, 6.45) is 0.875. The molecular weight excluding hydrogens is 272 g/mol. The number of hydrogen-bond acceptors (Lipinski definition) is 3. The fourth-order valence-electron chi connectivity index (χ4n) is 2.61. The second-order valence-corrected chi connectivity index (χ2v) is 5.38. The van der Waals surface area contributed by atoms with Gasteiger partial charge in [0.15, 0.2) is 0 Å². The molecule has 3 heteroatoms. The first-order valence-electron chi connectivity index (χ1n) is 8.05. The lowest BCUT2D eigenvalue weighted by Gasteiger charge is -2.38. The topological polar surface area (TPSA) is 35.5 Å². The molecule has 0 bridgehead atoms. The molecule has 1 fully saturated rings. The number of aliphatic hydroxyl groups is 1. The summed E-state index contributed by atoms with van der Waals surface area (Å²) in [5, 5.41) is 11.4. The Morgan fingerprint density at radius 1 is 1.05 bits per heavy atom. The monoisotopic (exact) mass is 298 g/mol. The van der Waals surface area contributed by atoms with Crippen molar-refractivity contribution in [2.24, 2.45) is 0 Å². The fraction of sp³-hybridized carbons (Fsp3) is 0.368. The quantitative estimate of drug-likeness (QED) is 0.913. The molecule has 1 aliphatic heterocycles. The Bertz CT molecular complexity index is 466. The smallest absolute Gasteiger partial charge is 0.0667 e. The van der Waals surface area contributed by atoms with Crippen LogP contribution < -0.4 is 10.2 Å². The van der Waals surface area contributed by atoms with Crippen LogP contribution in [0.4, 0.5) is 5.69 Å². The zero-order valence-electron chi connectivity index (χ0n) is 13.3. The molecule has 2 aromatic carbocycles. The lowest BCUT2D eigenvalue weighted by Crippen LogP contribution is -2.46. The minimum atomic E-state index is 0.319. The number of nitrogens with zero attached hydrogens (tertiary/aromatic N) is 1. The minimum Gasteiger partial charge on any atom is -0.396 e. The molecule has 0 aromatic heterocycles. The van der Waals surface area contributed by atoms with E-state index in [-0.39, 0.29) is 0 Å². The molecule has 118 valence electrons. The van der Waals surface area contributed by atoms with Gasteiger partial charge in [-0.05, 0) is 24.1 Å². The second kappa shape index (κ2) is 9.23. The van der Waals surface area contributed by atoms with E-state index in [2.05, 4.69) is 70.9 Å². The highest BCUT2D eigenvalue weighted by Crippen LogP contribution is 2.27. The largest absolute Gasteiger partial charge is 0.396 e. The first-order valence-corrected chi connectivity index (χ1v) is 8.05. The molecule has 0 amide bonds. The lowest BCUT2D eigenvalue weighted by atomic mass is 10.0. The zero-order chi connectivity index (χ0) is 15.6. The van der Waals surface area contributed by atoms with Crippen LogP contribution in [-0.2, 0) is 0 Å². The molecule has 0 radical (unpaired) electrons. The van der Waals surface area contributed by atoms with Crippen LogP contribution in [0.1, 0.15) is 24.9 Å². The van der Waals surface area contributed by atoms with Crippen molar-refractivity contribution in [3.05, 3.63) is 66.2 Å². The highest BCUT2D eigenvalue weighted by atomic mass is 16.2. The molecule has 0 spiro atoms. The Kier molecular flexibility index (Phi) is 6.94. The van der Waals surface area contributed by atoms with Crippen molar-refractivity contribution >= 4 is 5.69 Å². The van der Waals surface area contributed by atoms with Gasteiger partial charge in [0, 0.05) is 31.9 Å². The van der Waals surface area contributed by atoms with E-state index >= 15 is 0 Å². The molecule has 1 saturated heterocycles. The van der Waals surface area contributed by atoms with Gasteiger partial charge in [0.25, 0.3) is 0 Å².